The van der Waals surface area contributed by atoms with E-state index in [9.17, 15) is 35.1 Å². The van der Waals surface area contributed by atoms with Crippen molar-refractivity contribution in [1.29, 1.82) is 0 Å². The Bertz CT molecular complexity index is 605. The maximum atomic E-state index is 10.5. The van der Waals surface area contributed by atoms with Gasteiger partial charge in [0.1, 0.15) is 11.8 Å². The van der Waals surface area contributed by atoms with Crippen LogP contribution < -0.4 is 0 Å². The Morgan fingerprint density at radius 1 is 1.00 bits per heavy atom. The number of aldehydes is 1. The van der Waals surface area contributed by atoms with Gasteiger partial charge in [-0.3, -0.25) is 35.1 Å². The minimum Gasteiger partial charge on any atom is -0.299 e. The fraction of sp³-hybridized carbons (Fsp3) is 0.308. The predicted octanol–water partition coefficient (Wildman–Crippen LogP) is 3.26. The van der Waals surface area contributed by atoms with Gasteiger partial charge in [0.05, 0.1) is 26.9 Å². The number of allylic oxidation sites excluding steroid dienone is 2. The summed E-state index contributed by atoms with van der Waals surface area (Å²) < 4.78 is 0. The highest BCUT2D eigenvalue weighted by atomic mass is 16.6. The number of hydrogen-bond donors (Lipinski definition) is 0. The second-order valence-electron chi connectivity index (χ2n) is 4.23. The molecule has 0 aliphatic heterocycles. The zero-order valence-electron chi connectivity index (χ0n) is 12.5. The van der Waals surface area contributed by atoms with Crippen LogP contribution in [-0.2, 0) is 4.79 Å². The van der Waals surface area contributed by atoms with Crippen molar-refractivity contribution < 1.29 is 19.6 Å². The molecule has 0 amide bonds. The van der Waals surface area contributed by atoms with E-state index in [1.54, 1.807) is 0 Å². The van der Waals surface area contributed by atoms with Crippen LogP contribution in [0.1, 0.15) is 25.3 Å². The van der Waals surface area contributed by atoms with Crippen molar-refractivity contribution in [2.24, 2.45) is 0 Å². The van der Waals surface area contributed by atoms with E-state index >= 15 is 0 Å². The molecule has 0 bridgehead atoms. The van der Waals surface area contributed by atoms with Crippen molar-refractivity contribution >= 4 is 23.3 Å². The predicted molar refractivity (Wildman–Crippen MR) is 81.3 cm³/mol. The Balaban J connectivity index is 0.000000585. The van der Waals surface area contributed by atoms with Crippen LogP contribution in [0, 0.1) is 37.3 Å². The van der Waals surface area contributed by atoms with E-state index in [0.29, 0.717) is 12.1 Å². The summed E-state index contributed by atoms with van der Waals surface area (Å²) in [5, 5.41) is 31.5. The van der Waals surface area contributed by atoms with Crippen LogP contribution in [0.2, 0.25) is 0 Å². The van der Waals surface area contributed by atoms with Gasteiger partial charge in [-0.1, -0.05) is 19.4 Å². The van der Waals surface area contributed by atoms with Crippen LogP contribution in [0.5, 0.6) is 0 Å². The fourth-order valence-corrected chi connectivity index (χ4v) is 1.47. The number of hydrogen-bond acceptors (Lipinski definition) is 7. The van der Waals surface area contributed by atoms with Crippen molar-refractivity contribution in [3.63, 3.8) is 0 Å². The Morgan fingerprint density at radius 3 is 1.78 bits per heavy atom. The first-order valence-corrected chi connectivity index (χ1v) is 6.44. The van der Waals surface area contributed by atoms with Gasteiger partial charge in [0.25, 0.3) is 17.1 Å². The van der Waals surface area contributed by atoms with Crippen molar-refractivity contribution in [3.8, 4) is 0 Å². The molecule has 1 aromatic rings. The van der Waals surface area contributed by atoms with Gasteiger partial charge >= 0.3 is 0 Å². The smallest absolute Gasteiger partial charge is 0.286 e. The molecule has 1 rings (SSSR count). The maximum Gasteiger partial charge on any atom is 0.286 e. The van der Waals surface area contributed by atoms with Crippen molar-refractivity contribution in [2.75, 3.05) is 0 Å². The largest absolute Gasteiger partial charge is 0.299 e. The second kappa shape index (κ2) is 9.71. The second-order valence-corrected chi connectivity index (χ2v) is 4.23. The van der Waals surface area contributed by atoms with E-state index in [1.165, 1.54) is 13.0 Å². The van der Waals surface area contributed by atoms with Gasteiger partial charge in [-0.25, -0.2) is 0 Å². The number of unbranched alkanes of at least 4 members (excludes halogenated alkanes) is 1. The average Bonchev–Trinajstić information content (AvgIpc) is 2.47. The molecule has 124 valence electrons. The summed E-state index contributed by atoms with van der Waals surface area (Å²) in [6.07, 6.45) is 6.33. The third-order valence-corrected chi connectivity index (χ3v) is 2.61. The van der Waals surface area contributed by atoms with E-state index in [2.05, 4.69) is 6.92 Å². The zero-order valence-corrected chi connectivity index (χ0v) is 12.5. The SMILES string of the molecule is CCC/C=C/C=O.Cc1c([N+](=O)[O-])cc([N+](=O)[O-])cc1[N+](=O)[O-]. The quantitative estimate of drug-likeness (QED) is 0.337. The molecule has 0 N–H and O–H groups in total. The van der Waals surface area contributed by atoms with Crippen molar-refractivity contribution in [3.05, 3.63) is 60.2 Å². The van der Waals surface area contributed by atoms with Gasteiger partial charge in [0, 0.05) is 0 Å². The Hall–Kier alpha value is -3.17. The highest BCUT2D eigenvalue weighted by molar-refractivity contribution is 5.64. The molecule has 10 heteroatoms. The molecule has 0 saturated carbocycles. The van der Waals surface area contributed by atoms with Crippen molar-refractivity contribution in [2.45, 2.75) is 26.7 Å². The Labute approximate surface area is 130 Å². The van der Waals surface area contributed by atoms with Gasteiger partial charge < -0.3 is 0 Å². The van der Waals surface area contributed by atoms with Crippen LogP contribution in [0.25, 0.3) is 0 Å². The molecule has 0 aliphatic carbocycles. The van der Waals surface area contributed by atoms with Gasteiger partial charge in [-0.05, 0) is 19.4 Å². The topological polar surface area (TPSA) is 146 Å². The summed E-state index contributed by atoms with van der Waals surface area (Å²) in [5.41, 5.74) is -2.16. The van der Waals surface area contributed by atoms with E-state index in [4.69, 9.17) is 0 Å². The molecule has 23 heavy (non-hydrogen) atoms. The molecular formula is C13H15N3O7. The van der Waals surface area contributed by atoms with E-state index in [1.807, 2.05) is 6.08 Å². The molecule has 0 saturated heterocycles. The highest BCUT2D eigenvalue weighted by Crippen LogP contribution is 2.32. The standard InChI is InChI=1S/C7H5N3O6.C6H10O/c1-4-6(9(13)14)2-5(8(11)12)3-7(4)10(15)16;1-2-3-4-5-6-7/h2-3H,1H3;4-6H,2-3H2,1H3/b;5-4+. The maximum absolute atomic E-state index is 10.5. The minimum absolute atomic E-state index is 0.208. The minimum atomic E-state index is -0.917. The summed E-state index contributed by atoms with van der Waals surface area (Å²) in [7, 11) is 0. The Morgan fingerprint density at radius 2 is 1.48 bits per heavy atom. The lowest BCUT2D eigenvalue weighted by Gasteiger charge is -1.99. The number of rotatable bonds is 6. The number of carbonyl (C=O) groups excluding carboxylic acids is 1. The van der Waals surface area contributed by atoms with E-state index < -0.39 is 31.8 Å². The van der Waals surface area contributed by atoms with E-state index in [0.717, 1.165) is 19.1 Å². The molecular weight excluding hydrogens is 310 g/mol. The molecule has 0 heterocycles. The monoisotopic (exact) mass is 325 g/mol. The number of nitrogens with zero attached hydrogens (tertiary/aromatic N) is 3. The van der Waals surface area contributed by atoms with Gasteiger partial charge in [0.2, 0.25) is 0 Å². The summed E-state index contributed by atoms with van der Waals surface area (Å²) in [5.74, 6) is 0. The summed E-state index contributed by atoms with van der Waals surface area (Å²) in [4.78, 5) is 38.4. The average molecular weight is 325 g/mol. The molecule has 10 nitrogen and oxygen atoms in total. The first-order chi connectivity index (χ1) is 10.8. The fourth-order valence-electron chi connectivity index (χ4n) is 1.47. The first-order valence-electron chi connectivity index (χ1n) is 6.44. The third-order valence-electron chi connectivity index (χ3n) is 2.61. The lowest BCUT2D eigenvalue weighted by molar-refractivity contribution is -0.403. The van der Waals surface area contributed by atoms with Gasteiger partial charge in [0.15, 0.2) is 0 Å². The molecule has 0 fully saturated rings. The van der Waals surface area contributed by atoms with Crippen LogP contribution in [-0.4, -0.2) is 21.1 Å². The third kappa shape index (κ3) is 6.42. The van der Waals surface area contributed by atoms with Crippen LogP contribution >= 0.6 is 0 Å². The lowest BCUT2D eigenvalue weighted by atomic mass is 10.1. The normalized spacial score (nSPS) is 9.83. The molecule has 0 spiro atoms. The molecule has 0 radical (unpaired) electrons. The lowest BCUT2D eigenvalue weighted by Crippen LogP contribution is -2.00. The number of nitro groups is 3. The summed E-state index contributed by atoms with van der Waals surface area (Å²) in [6.45, 7) is 3.25. The Kier molecular flexibility index (Phi) is 8.37. The molecule has 0 aromatic heterocycles. The number of non-ortho nitro benzene ring substituents is 1. The number of nitro benzene ring substituents is 3. The van der Waals surface area contributed by atoms with Crippen LogP contribution in [0.15, 0.2) is 24.3 Å². The van der Waals surface area contributed by atoms with Crippen LogP contribution in [0.4, 0.5) is 17.1 Å². The van der Waals surface area contributed by atoms with Gasteiger partial charge in [-0.15, -0.1) is 0 Å². The van der Waals surface area contributed by atoms with Gasteiger partial charge in [-0.2, -0.15) is 0 Å². The first kappa shape index (κ1) is 19.8. The highest BCUT2D eigenvalue weighted by Gasteiger charge is 2.27. The number of carbonyl (C=O) groups is 1. The summed E-state index contributed by atoms with van der Waals surface area (Å²) in [6, 6.07) is 1.39. The molecule has 1 aromatic carbocycles. The zero-order chi connectivity index (χ0) is 18.0. The van der Waals surface area contributed by atoms with E-state index in [-0.39, 0.29) is 5.56 Å². The van der Waals surface area contributed by atoms with Crippen molar-refractivity contribution in [1.82, 2.24) is 0 Å². The molecule has 0 aliphatic rings. The molecule has 0 unspecified atom stereocenters. The van der Waals surface area contributed by atoms with Crippen LogP contribution in [0.3, 0.4) is 0 Å². The number of benzene rings is 1. The molecule has 0 atom stereocenters. The summed E-state index contributed by atoms with van der Waals surface area (Å²) >= 11 is 0.